The number of imide groups is 1. The van der Waals surface area contributed by atoms with Crippen LogP contribution >= 0.6 is 0 Å². The van der Waals surface area contributed by atoms with Crippen molar-refractivity contribution in [1.29, 1.82) is 0 Å². The van der Waals surface area contributed by atoms with Gasteiger partial charge in [0.2, 0.25) is 5.78 Å². The molecular weight excluding hydrogens is 586 g/mol. The fourth-order valence-corrected chi connectivity index (χ4v) is 5.27. The molecule has 0 unspecified atom stereocenters. The number of likely N-dealkylation sites (tertiary alicyclic amines) is 1. The maximum atomic E-state index is 13.3. The van der Waals surface area contributed by atoms with Crippen LogP contribution in [-0.4, -0.2) is 53.4 Å². The van der Waals surface area contributed by atoms with Gasteiger partial charge in [-0.15, -0.1) is 0 Å². The number of hydrogen-bond acceptors (Lipinski definition) is 7. The quantitative estimate of drug-likeness (QED) is 0.237. The van der Waals surface area contributed by atoms with Crippen LogP contribution < -0.4 is 10.6 Å². The lowest BCUT2D eigenvalue weighted by Gasteiger charge is -2.25. The normalized spacial score (nSPS) is 16.7. The molecule has 1 heterocycles. The molecule has 242 valence electrons. The average molecular weight is 628 g/mol. The maximum Gasteiger partial charge on any atom is 0.416 e. The lowest BCUT2D eigenvalue weighted by atomic mass is 9.90. The van der Waals surface area contributed by atoms with Gasteiger partial charge in [-0.3, -0.25) is 14.4 Å². The summed E-state index contributed by atoms with van der Waals surface area (Å²) < 4.78 is 10.9. The Labute approximate surface area is 269 Å². The number of rotatable bonds is 12. The van der Waals surface area contributed by atoms with E-state index >= 15 is 0 Å². The number of nitrogens with one attached hydrogen (secondary N) is 2. The highest BCUT2D eigenvalue weighted by Gasteiger charge is 2.52. The monoisotopic (exact) mass is 627 g/mol. The van der Waals surface area contributed by atoms with Crippen molar-refractivity contribution in [2.75, 3.05) is 6.54 Å². The largest absolute Gasteiger partial charge is 0.444 e. The molecule has 3 aromatic rings. The predicted molar refractivity (Wildman–Crippen MR) is 172 cm³/mol. The second kappa shape index (κ2) is 15.3. The number of alkyl carbamates (subject to hydrolysis) is 1. The van der Waals surface area contributed by atoms with Gasteiger partial charge in [-0.05, 0) is 35.6 Å². The van der Waals surface area contributed by atoms with Gasteiger partial charge in [0, 0.05) is 12.0 Å². The zero-order valence-corrected chi connectivity index (χ0v) is 26.7. The third-order valence-electron chi connectivity index (χ3n) is 7.96. The summed E-state index contributed by atoms with van der Waals surface area (Å²) in [6.07, 6.45) is -1.68. The highest BCUT2D eigenvalue weighted by Crippen LogP contribution is 2.34. The van der Waals surface area contributed by atoms with Crippen molar-refractivity contribution < 1.29 is 33.4 Å². The molecule has 0 radical (unpaired) electrons. The van der Waals surface area contributed by atoms with Crippen LogP contribution in [0.4, 0.5) is 9.59 Å². The average Bonchev–Trinajstić information content (AvgIpc) is 3.29. The number of carbonyl (C=O) groups excluding carboxylic acids is 5. The highest BCUT2D eigenvalue weighted by atomic mass is 16.6. The van der Waals surface area contributed by atoms with E-state index in [1.807, 2.05) is 91.9 Å². The van der Waals surface area contributed by atoms with Gasteiger partial charge in [0.1, 0.15) is 12.6 Å². The molecule has 1 aliphatic heterocycles. The minimum absolute atomic E-state index is 0.0342. The number of benzene rings is 3. The topological polar surface area (TPSA) is 131 Å². The summed E-state index contributed by atoms with van der Waals surface area (Å²) in [5.41, 5.74) is 2.72. The van der Waals surface area contributed by atoms with Gasteiger partial charge in [-0.25, -0.2) is 14.5 Å². The second-order valence-electron chi connectivity index (χ2n) is 12.1. The molecule has 10 heteroatoms. The summed E-state index contributed by atoms with van der Waals surface area (Å²) in [6.45, 7) is 6.98. The van der Waals surface area contributed by atoms with Gasteiger partial charge in [0.15, 0.2) is 6.10 Å². The van der Waals surface area contributed by atoms with Crippen molar-refractivity contribution in [2.45, 2.75) is 71.8 Å². The van der Waals surface area contributed by atoms with Crippen LogP contribution in [0.25, 0.3) is 11.1 Å². The fraction of sp³-hybridized carbons (Fsp3) is 0.361. The van der Waals surface area contributed by atoms with E-state index in [1.54, 1.807) is 20.8 Å². The van der Waals surface area contributed by atoms with Crippen LogP contribution in [0.2, 0.25) is 0 Å². The summed E-state index contributed by atoms with van der Waals surface area (Å²) in [4.78, 5) is 66.0. The number of ether oxygens (including phenoxy) is 2. The molecule has 0 aliphatic carbocycles. The molecule has 46 heavy (non-hydrogen) atoms. The minimum Gasteiger partial charge on any atom is -0.444 e. The highest BCUT2D eigenvalue weighted by molar-refractivity contribution is 6.38. The van der Waals surface area contributed by atoms with E-state index in [1.165, 1.54) is 0 Å². The molecule has 3 atom stereocenters. The van der Waals surface area contributed by atoms with Crippen LogP contribution in [0, 0.1) is 5.41 Å². The number of carbonyl (C=O) groups is 5. The number of unbranched alkanes of at least 4 members (excludes halogenated alkanes) is 1. The lowest BCUT2D eigenvalue weighted by Crippen LogP contribution is -2.49. The smallest absolute Gasteiger partial charge is 0.416 e. The van der Waals surface area contributed by atoms with Gasteiger partial charge in [0.25, 0.3) is 11.8 Å². The number of ketones is 1. The summed E-state index contributed by atoms with van der Waals surface area (Å²) in [5.74, 6) is -2.37. The van der Waals surface area contributed by atoms with E-state index in [0.717, 1.165) is 33.6 Å². The summed E-state index contributed by atoms with van der Waals surface area (Å²) >= 11 is 0. The number of hydrogen-bond donors (Lipinski definition) is 2. The van der Waals surface area contributed by atoms with Crippen LogP contribution in [0.15, 0.2) is 84.9 Å². The van der Waals surface area contributed by atoms with E-state index in [2.05, 4.69) is 10.6 Å². The number of nitrogens with zero attached hydrogens (tertiary/aromatic N) is 1. The van der Waals surface area contributed by atoms with E-state index < -0.39 is 53.4 Å². The van der Waals surface area contributed by atoms with Crippen molar-refractivity contribution in [1.82, 2.24) is 15.5 Å². The number of amides is 4. The SMILES string of the molecule is CCCC[C@H](NC(=O)O[C@@H]1C(=O)N(C(=O)OCc2ccc(-c3ccccc3)cc2)CC1(C)C)C(=O)C(=O)N[C@H](C)c1ccccc1. The second-order valence-corrected chi connectivity index (χ2v) is 12.1. The van der Waals surface area contributed by atoms with Crippen molar-refractivity contribution in [3.8, 4) is 11.1 Å². The molecule has 4 rings (SSSR count). The molecular formula is C36H41N3O7. The Kier molecular flexibility index (Phi) is 11.3. The molecule has 0 aromatic heterocycles. The van der Waals surface area contributed by atoms with Gasteiger partial charge in [-0.2, -0.15) is 0 Å². The molecule has 1 saturated heterocycles. The molecule has 0 bridgehead atoms. The Hall–Kier alpha value is -4.99. The molecule has 0 saturated carbocycles. The Bertz CT molecular complexity index is 1520. The molecule has 0 spiro atoms. The molecule has 10 nitrogen and oxygen atoms in total. The molecule has 4 amide bonds. The zero-order chi connectivity index (χ0) is 33.3. The summed E-state index contributed by atoms with van der Waals surface area (Å²) in [6, 6.07) is 25.0. The van der Waals surface area contributed by atoms with E-state index in [4.69, 9.17) is 9.47 Å². The van der Waals surface area contributed by atoms with Crippen LogP contribution in [0.5, 0.6) is 0 Å². The van der Waals surface area contributed by atoms with Crippen LogP contribution in [0.1, 0.15) is 64.1 Å². The van der Waals surface area contributed by atoms with Crippen molar-refractivity contribution in [2.24, 2.45) is 5.41 Å². The first kappa shape index (κ1) is 33.9. The first-order chi connectivity index (χ1) is 22.0. The van der Waals surface area contributed by atoms with Gasteiger partial charge in [-0.1, -0.05) is 119 Å². The Morgan fingerprint density at radius 3 is 2.13 bits per heavy atom. The van der Waals surface area contributed by atoms with Gasteiger partial charge < -0.3 is 20.1 Å². The minimum atomic E-state index is -1.31. The van der Waals surface area contributed by atoms with E-state index in [0.29, 0.717) is 6.42 Å². The van der Waals surface area contributed by atoms with E-state index in [-0.39, 0.29) is 19.6 Å². The standard InChI is InChI=1S/C36H41N3O7/c1-5-6-17-29(30(40)32(41)37-24(2)26-13-9-7-10-14-26)38-34(43)46-31-33(42)39(23-36(31,3)4)35(44)45-22-25-18-20-28(21-19-25)27-15-11-8-12-16-27/h7-16,18-21,24,29,31H,5-6,17,22-23H2,1-4H3,(H,37,41)(H,38,43)/t24-,29+,31-/m1/s1. The van der Waals surface area contributed by atoms with Crippen molar-refractivity contribution in [3.05, 3.63) is 96.1 Å². The number of Topliss-reactive ketones (excluding diaryl/α,β-unsaturated/α-hetero) is 1. The summed E-state index contributed by atoms with van der Waals surface area (Å²) in [7, 11) is 0. The fourth-order valence-electron chi connectivity index (χ4n) is 5.27. The molecule has 2 N–H and O–H groups in total. The molecule has 3 aromatic carbocycles. The third-order valence-corrected chi connectivity index (χ3v) is 7.96. The predicted octanol–water partition coefficient (Wildman–Crippen LogP) is 5.96. The van der Waals surface area contributed by atoms with Crippen molar-refractivity contribution >= 4 is 29.8 Å². The zero-order valence-electron chi connectivity index (χ0n) is 26.7. The van der Waals surface area contributed by atoms with Gasteiger partial charge in [0.05, 0.1) is 6.04 Å². The molecule has 1 aliphatic rings. The Morgan fingerprint density at radius 1 is 0.891 bits per heavy atom. The first-order valence-corrected chi connectivity index (χ1v) is 15.5. The first-order valence-electron chi connectivity index (χ1n) is 15.5. The Balaban J connectivity index is 1.33. The van der Waals surface area contributed by atoms with E-state index in [9.17, 15) is 24.0 Å². The summed E-state index contributed by atoms with van der Waals surface area (Å²) in [5, 5.41) is 5.16. The van der Waals surface area contributed by atoms with Crippen LogP contribution in [0.3, 0.4) is 0 Å². The Morgan fingerprint density at radius 2 is 1.50 bits per heavy atom. The molecule has 1 fully saturated rings. The maximum absolute atomic E-state index is 13.3. The third kappa shape index (κ3) is 8.59. The van der Waals surface area contributed by atoms with Gasteiger partial charge >= 0.3 is 12.2 Å². The van der Waals surface area contributed by atoms with Crippen LogP contribution in [-0.2, 0) is 30.5 Å². The lowest BCUT2D eigenvalue weighted by molar-refractivity contribution is -0.139. The van der Waals surface area contributed by atoms with Crippen molar-refractivity contribution in [3.63, 3.8) is 0 Å².